The van der Waals surface area contributed by atoms with Crippen molar-refractivity contribution in [2.75, 3.05) is 5.32 Å². The van der Waals surface area contributed by atoms with Crippen LogP contribution in [0.5, 0.6) is 0 Å². The summed E-state index contributed by atoms with van der Waals surface area (Å²) in [6.07, 6.45) is 0. The van der Waals surface area contributed by atoms with E-state index in [0.717, 1.165) is 11.4 Å². The number of anilines is 2. The fraction of sp³-hybridized carbons (Fsp3) is 0.250. The maximum atomic E-state index is 3.84. The van der Waals surface area contributed by atoms with Crippen LogP contribution < -0.4 is 5.32 Å². The smallest absolute Gasteiger partial charge is 0.0726 e. The first-order valence-corrected chi connectivity index (χ1v) is 14.9. The van der Waals surface area contributed by atoms with E-state index in [2.05, 4.69) is 157 Å². The Bertz CT molecular complexity index is 1780. The molecule has 204 valence electrons. The highest BCUT2D eigenvalue weighted by molar-refractivity contribution is 5.99. The molecule has 2 aliphatic carbocycles. The Morgan fingerprint density at radius 1 is 0.488 bits per heavy atom. The van der Waals surface area contributed by atoms with Gasteiger partial charge in [0.05, 0.1) is 5.41 Å². The molecular formula is C40H39N. The molecule has 5 aromatic rings. The lowest BCUT2D eigenvalue weighted by Crippen LogP contribution is -2.27. The van der Waals surface area contributed by atoms with Gasteiger partial charge in [0.2, 0.25) is 0 Å². The fourth-order valence-electron chi connectivity index (χ4n) is 7.13. The van der Waals surface area contributed by atoms with Gasteiger partial charge in [-0.1, -0.05) is 133 Å². The Balaban J connectivity index is 1.60. The van der Waals surface area contributed by atoms with Crippen LogP contribution in [0.1, 0.15) is 80.5 Å². The van der Waals surface area contributed by atoms with Gasteiger partial charge in [0.25, 0.3) is 0 Å². The number of benzene rings is 5. The number of fused-ring (bicyclic) bond motifs is 10. The van der Waals surface area contributed by atoms with Gasteiger partial charge in [-0.2, -0.15) is 0 Å². The lowest BCUT2D eigenvalue weighted by atomic mass is 9.69. The predicted octanol–water partition coefficient (Wildman–Crippen LogP) is 10.7. The summed E-state index contributed by atoms with van der Waals surface area (Å²) in [6, 6.07) is 39.0. The first kappa shape index (κ1) is 25.8. The summed E-state index contributed by atoms with van der Waals surface area (Å²) in [5, 5.41) is 3.84. The zero-order valence-corrected chi connectivity index (χ0v) is 25.3. The Kier molecular flexibility index (Phi) is 5.48. The molecule has 0 unspecified atom stereocenters. The van der Waals surface area contributed by atoms with Gasteiger partial charge in [-0.3, -0.25) is 0 Å². The summed E-state index contributed by atoms with van der Waals surface area (Å²) >= 11 is 0. The molecule has 1 spiro atoms. The molecule has 0 radical (unpaired) electrons. The van der Waals surface area contributed by atoms with Crippen LogP contribution in [0, 0.1) is 6.92 Å². The number of para-hydroxylation sites is 1. The van der Waals surface area contributed by atoms with E-state index in [-0.39, 0.29) is 16.2 Å². The Labute approximate surface area is 245 Å². The third-order valence-electron chi connectivity index (χ3n) is 9.35. The van der Waals surface area contributed by atoms with Gasteiger partial charge in [-0.15, -0.1) is 0 Å². The van der Waals surface area contributed by atoms with Crippen LogP contribution in [0.3, 0.4) is 0 Å². The highest BCUT2D eigenvalue weighted by Gasteiger charge is 2.52. The molecule has 0 saturated heterocycles. The van der Waals surface area contributed by atoms with E-state index in [1.807, 2.05) is 0 Å². The molecule has 41 heavy (non-hydrogen) atoms. The summed E-state index contributed by atoms with van der Waals surface area (Å²) in [5.74, 6) is 0. The van der Waals surface area contributed by atoms with Gasteiger partial charge in [0.15, 0.2) is 0 Å². The molecule has 1 heteroatoms. The standard InChI is InChI=1S/C40H39N/c1-25-13-8-11-17-35(25)41-36-18-12-16-32-37(36)30-14-9-10-15-31(30)40(32)33-23-26(38(2,3)4)19-21-28(33)29-22-20-27(24-34(29)40)39(5,6)7/h8-24,41H,1-7H3. The number of hydrogen-bond donors (Lipinski definition) is 1. The summed E-state index contributed by atoms with van der Waals surface area (Å²) in [7, 11) is 0. The van der Waals surface area contributed by atoms with Crippen LogP contribution in [0.2, 0.25) is 0 Å². The van der Waals surface area contributed by atoms with Gasteiger partial charge in [-0.05, 0) is 85.5 Å². The first-order chi connectivity index (χ1) is 19.5. The summed E-state index contributed by atoms with van der Waals surface area (Å²) < 4.78 is 0. The minimum absolute atomic E-state index is 0.0523. The molecule has 5 aromatic carbocycles. The van der Waals surface area contributed by atoms with E-state index in [1.165, 1.54) is 61.2 Å². The van der Waals surface area contributed by atoms with E-state index >= 15 is 0 Å². The van der Waals surface area contributed by atoms with Crippen LogP contribution in [-0.4, -0.2) is 0 Å². The van der Waals surface area contributed by atoms with Crippen molar-refractivity contribution in [3.63, 3.8) is 0 Å². The normalized spacial score (nSPS) is 14.4. The lowest BCUT2D eigenvalue weighted by Gasteiger charge is -2.33. The predicted molar refractivity (Wildman–Crippen MR) is 175 cm³/mol. The maximum Gasteiger partial charge on any atom is 0.0726 e. The summed E-state index contributed by atoms with van der Waals surface area (Å²) in [5.41, 5.74) is 16.9. The van der Waals surface area contributed by atoms with Gasteiger partial charge >= 0.3 is 0 Å². The molecule has 0 aliphatic heterocycles. The first-order valence-electron chi connectivity index (χ1n) is 14.9. The van der Waals surface area contributed by atoms with E-state index in [4.69, 9.17) is 0 Å². The molecule has 1 N–H and O–H groups in total. The van der Waals surface area contributed by atoms with Crippen molar-refractivity contribution in [2.45, 2.75) is 64.7 Å². The molecule has 0 fully saturated rings. The maximum absolute atomic E-state index is 3.84. The van der Waals surface area contributed by atoms with Gasteiger partial charge in [0, 0.05) is 16.9 Å². The Morgan fingerprint density at radius 3 is 1.63 bits per heavy atom. The van der Waals surface area contributed by atoms with Crippen molar-refractivity contribution >= 4 is 11.4 Å². The second-order valence-corrected chi connectivity index (χ2v) is 14.0. The lowest BCUT2D eigenvalue weighted by molar-refractivity contribution is 0.586. The van der Waals surface area contributed by atoms with Gasteiger partial charge < -0.3 is 5.32 Å². The number of nitrogens with one attached hydrogen (secondary N) is 1. The summed E-state index contributed by atoms with van der Waals surface area (Å²) in [6.45, 7) is 16.1. The second kappa shape index (κ2) is 8.70. The zero-order valence-electron chi connectivity index (χ0n) is 25.3. The highest BCUT2D eigenvalue weighted by atomic mass is 14.9. The van der Waals surface area contributed by atoms with Crippen LogP contribution in [0.25, 0.3) is 22.3 Å². The number of hydrogen-bond acceptors (Lipinski definition) is 1. The van der Waals surface area contributed by atoms with Crippen LogP contribution >= 0.6 is 0 Å². The molecule has 0 bridgehead atoms. The minimum atomic E-state index is -0.372. The van der Waals surface area contributed by atoms with Crippen molar-refractivity contribution < 1.29 is 0 Å². The van der Waals surface area contributed by atoms with Crippen molar-refractivity contribution in [2.24, 2.45) is 0 Å². The van der Waals surface area contributed by atoms with Crippen molar-refractivity contribution in [3.8, 4) is 22.3 Å². The van der Waals surface area contributed by atoms with Crippen LogP contribution in [0.4, 0.5) is 11.4 Å². The number of rotatable bonds is 2. The molecular weight excluding hydrogens is 494 g/mol. The van der Waals surface area contributed by atoms with E-state index < -0.39 is 0 Å². The Hall–Kier alpha value is -4.10. The van der Waals surface area contributed by atoms with E-state index in [1.54, 1.807) is 0 Å². The van der Waals surface area contributed by atoms with Gasteiger partial charge in [0.1, 0.15) is 0 Å². The quantitative estimate of drug-likeness (QED) is 0.233. The molecule has 0 atom stereocenters. The summed E-state index contributed by atoms with van der Waals surface area (Å²) in [4.78, 5) is 0. The van der Waals surface area contributed by atoms with E-state index in [0.29, 0.717) is 0 Å². The zero-order chi connectivity index (χ0) is 28.7. The van der Waals surface area contributed by atoms with Crippen LogP contribution in [-0.2, 0) is 16.2 Å². The van der Waals surface area contributed by atoms with Crippen molar-refractivity contribution in [3.05, 3.63) is 142 Å². The highest BCUT2D eigenvalue weighted by Crippen LogP contribution is 2.64. The molecule has 0 heterocycles. The van der Waals surface area contributed by atoms with Crippen molar-refractivity contribution in [1.29, 1.82) is 0 Å². The third-order valence-corrected chi connectivity index (χ3v) is 9.35. The fourth-order valence-corrected chi connectivity index (χ4v) is 7.13. The molecule has 7 rings (SSSR count). The van der Waals surface area contributed by atoms with Crippen molar-refractivity contribution in [1.82, 2.24) is 0 Å². The average molecular weight is 534 g/mol. The number of aryl methyl sites for hydroxylation is 1. The topological polar surface area (TPSA) is 12.0 Å². The third kappa shape index (κ3) is 3.68. The molecule has 1 nitrogen and oxygen atoms in total. The SMILES string of the molecule is Cc1ccccc1Nc1cccc2c1-c1ccccc1C21c2cc(C(C)(C)C)ccc2-c2ccc(C(C)(C)C)cc21. The van der Waals surface area contributed by atoms with Crippen LogP contribution in [0.15, 0.2) is 103 Å². The monoisotopic (exact) mass is 533 g/mol. The molecule has 2 aliphatic rings. The molecule has 0 saturated carbocycles. The minimum Gasteiger partial charge on any atom is -0.355 e. The second-order valence-electron chi connectivity index (χ2n) is 14.0. The Morgan fingerprint density at radius 2 is 1.02 bits per heavy atom. The largest absolute Gasteiger partial charge is 0.355 e. The van der Waals surface area contributed by atoms with E-state index in [9.17, 15) is 0 Å². The average Bonchev–Trinajstić information content (AvgIpc) is 3.40. The molecule has 0 aromatic heterocycles. The van der Waals surface area contributed by atoms with Gasteiger partial charge in [-0.25, -0.2) is 0 Å². The molecule has 0 amide bonds.